The van der Waals surface area contributed by atoms with Crippen LogP contribution in [0.25, 0.3) is 0 Å². The lowest BCUT2D eigenvalue weighted by Crippen LogP contribution is -2.30. The standard InChI is InChI=1S/C71H138O17P2/c1-7-10-12-14-16-18-20-21-22-23-24-25-26-32-36-44-50-56-71(76)87-66(59-81-68(73)53-47-41-34-31-28-27-29-33-40-46-52-64(6)9-3)61-85-89(77,78)83-57-65(72)58-84-90(79,80)86-62-67(60-82-69(74)54-48-42-38-37-39-45-51-63(4)5)88-70(75)55-49-43-35-30-19-17-15-13-11-8-2/h63-67,72H,7-62H2,1-6H3,(H,77,78)(H,79,80)/t64?,65-,66-,67-/m1/s1. The lowest BCUT2D eigenvalue weighted by Gasteiger charge is -2.21. The van der Waals surface area contributed by atoms with Crippen LogP contribution in [0.3, 0.4) is 0 Å². The maximum Gasteiger partial charge on any atom is 0.472 e. The third-order valence-corrected chi connectivity index (χ3v) is 18.7. The second-order valence-corrected chi connectivity index (χ2v) is 29.3. The first-order valence-corrected chi connectivity index (χ1v) is 40.0. The predicted octanol–water partition coefficient (Wildman–Crippen LogP) is 20.4. The Kier molecular flexibility index (Phi) is 61.8. The van der Waals surface area contributed by atoms with E-state index in [9.17, 15) is 43.2 Å². The van der Waals surface area contributed by atoms with Gasteiger partial charge in [0.25, 0.3) is 0 Å². The molecule has 0 radical (unpaired) electrons. The summed E-state index contributed by atoms with van der Waals surface area (Å²) in [6, 6.07) is 0. The summed E-state index contributed by atoms with van der Waals surface area (Å²) in [5.74, 6) is -0.635. The molecule has 0 saturated heterocycles. The Hall–Kier alpha value is -1.94. The summed E-state index contributed by atoms with van der Waals surface area (Å²) in [5.41, 5.74) is 0. The van der Waals surface area contributed by atoms with Crippen LogP contribution in [0.5, 0.6) is 0 Å². The number of carbonyl (C=O) groups excluding carboxylic acids is 4. The maximum absolute atomic E-state index is 13.0. The Balaban J connectivity index is 5.23. The summed E-state index contributed by atoms with van der Waals surface area (Å²) >= 11 is 0. The highest BCUT2D eigenvalue weighted by Crippen LogP contribution is 2.45. The second kappa shape index (κ2) is 63.1. The summed E-state index contributed by atoms with van der Waals surface area (Å²) in [5, 5.41) is 10.6. The van der Waals surface area contributed by atoms with Gasteiger partial charge < -0.3 is 33.8 Å². The molecule has 17 nitrogen and oxygen atoms in total. The van der Waals surface area contributed by atoms with Gasteiger partial charge in [-0.15, -0.1) is 0 Å². The van der Waals surface area contributed by atoms with Gasteiger partial charge in [-0.1, -0.05) is 311 Å². The number of phosphoric acid groups is 2. The van der Waals surface area contributed by atoms with E-state index in [1.807, 2.05) is 0 Å². The summed E-state index contributed by atoms with van der Waals surface area (Å²) in [7, 11) is -9.90. The van der Waals surface area contributed by atoms with Crippen LogP contribution < -0.4 is 0 Å². The number of esters is 4. The Bertz CT molecular complexity index is 1750. The van der Waals surface area contributed by atoms with E-state index in [1.165, 1.54) is 173 Å². The van der Waals surface area contributed by atoms with Gasteiger partial charge in [0.2, 0.25) is 0 Å². The van der Waals surface area contributed by atoms with E-state index in [4.69, 9.17) is 37.0 Å². The molecule has 0 saturated carbocycles. The van der Waals surface area contributed by atoms with Crippen molar-refractivity contribution in [2.45, 2.75) is 381 Å². The minimum Gasteiger partial charge on any atom is -0.462 e. The van der Waals surface area contributed by atoms with Gasteiger partial charge in [0.1, 0.15) is 19.3 Å². The number of aliphatic hydroxyl groups is 1. The molecule has 0 spiro atoms. The molecule has 534 valence electrons. The highest BCUT2D eigenvalue weighted by atomic mass is 31.2. The molecule has 0 bridgehead atoms. The van der Waals surface area contributed by atoms with Crippen molar-refractivity contribution in [3.8, 4) is 0 Å². The van der Waals surface area contributed by atoms with Crippen LogP contribution in [0.4, 0.5) is 0 Å². The van der Waals surface area contributed by atoms with Crippen LogP contribution in [-0.4, -0.2) is 96.7 Å². The lowest BCUT2D eigenvalue weighted by molar-refractivity contribution is -0.161. The number of aliphatic hydroxyl groups excluding tert-OH is 1. The predicted molar refractivity (Wildman–Crippen MR) is 363 cm³/mol. The summed E-state index contributed by atoms with van der Waals surface area (Å²) < 4.78 is 68.3. The van der Waals surface area contributed by atoms with E-state index in [1.54, 1.807) is 0 Å². The molecule has 3 unspecified atom stereocenters. The molecule has 0 aromatic carbocycles. The fraction of sp³-hybridized carbons (Fsp3) is 0.944. The fourth-order valence-electron chi connectivity index (χ4n) is 10.7. The lowest BCUT2D eigenvalue weighted by atomic mass is 9.99. The molecule has 0 heterocycles. The van der Waals surface area contributed by atoms with E-state index < -0.39 is 97.5 Å². The summed E-state index contributed by atoms with van der Waals surface area (Å²) in [4.78, 5) is 72.5. The van der Waals surface area contributed by atoms with E-state index in [0.717, 1.165) is 102 Å². The minimum absolute atomic E-state index is 0.105. The molecular weight excluding hydrogens is 1190 g/mol. The van der Waals surface area contributed by atoms with Crippen LogP contribution in [0.2, 0.25) is 0 Å². The SMILES string of the molecule is CCCCCCCCCCCCCCCCCCCC(=O)O[C@H](COC(=O)CCCCCCCCCCCCC(C)CC)COP(=O)(O)OC[C@@H](O)COP(=O)(O)OC[C@@H](COC(=O)CCCCCCCCC(C)C)OC(=O)CCCCCCCCCCCC. The highest BCUT2D eigenvalue weighted by molar-refractivity contribution is 7.47. The van der Waals surface area contributed by atoms with Gasteiger partial charge >= 0.3 is 39.5 Å². The molecule has 90 heavy (non-hydrogen) atoms. The Labute approximate surface area is 549 Å². The molecule has 6 atom stereocenters. The zero-order valence-electron chi connectivity index (χ0n) is 58.4. The molecule has 0 fully saturated rings. The molecule has 3 N–H and O–H groups in total. The zero-order valence-corrected chi connectivity index (χ0v) is 60.2. The van der Waals surface area contributed by atoms with E-state index in [0.29, 0.717) is 31.6 Å². The normalized spacial score (nSPS) is 14.4. The van der Waals surface area contributed by atoms with Crippen LogP contribution in [-0.2, 0) is 65.4 Å². The van der Waals surface area contributed by atoms with Gasteiger partial charge in [0, 0.05) is 25.7 Å². The number of carbonyl (C=O) groups is 4. The monoisotopic (exact) mass is 1320 g/mol. The number of rotatable bonds is 70. The average Bonchev–Trinajstić information content (AvgIpc) is 3.57. The third-order valence-electron chi connectivity index (χ3n) is 16.8. The Morgan fingerprint density at radius 3 is 0.844 bits per heavy atom. The zero-order chi connectivity index (χ0) is 66.5. The van der Waals surface area contributed by atoms with Crippen LogP contribution in [0.1, 0.15) is 363 Å². The van der Waals surface area contributed by atoms with Crippen molar-refractivity contribution in [2.24, 2.45) is 11.8 Å². The molecule has 0 aliphatic rings. The number of hydrogen-bond donors (Lipinski definition) is 3. The first-order valence-electron chi connectivity index (χ1n) is 37.0. The Morgan fingerprint density at radius 1 is 0.322 bits per heavy atom. The summed E-state index contributed by atoms with van der Waals surface area (Å²) in [6.07, 6.45) is 48.6. The summed E-state index contributed by atoms with van der Waals surface area (Å²) in [6.45, 7) is 9.49. The first-order chi connectivity index (χ1) is 43.4. The van der Waals surface area contributed by atoms with Crippen molar-refractivity contribution in [3.05, 3.63) is 0 Å². The van der Waals surface area contributed by atoms with Crippen LogP contribution in [0.15, 0.2) is 0 Å². The Morgan fingerprint density at radius 2 is 0.567 bits per heavy atom. The van der Waals surface area contributed by atoms with Crippen molar-refractivity contribution in [1.82, 2.24) is 0 Å². The quantitative estimate of drug-likeness (QED) is 0.0222. The maximum atomic E-state index is 13.0. The molecule has 0 aromatic rings. The molecule has 0 amide bonds. The van der Waals surface area contributed by atoms with Gasteiger partial charge in [-0.3, -0.25) is 37.3 Å². The van der Waals surface area contributed by atoms with E-state index in [-0.39, 0.29) is 25.7 Å². The van der Waals surface area contributed by atoms with E-state index in [2.05, 4.69) is 41.5 Å². The number of hydrogen-bond acceptors (Lipinski definition) is 15. The third kappa shape index (κ3) is 63.5. The van der Waals surface area contributed by atoms with Gasteiger partial charge in [-0.25, -0.2) is 9.13 Å². The van der Waals surface area contributed by atoms with Crippen molar-refractivity contribution in [1.29, 1.82) is 0 Å². The van der Waals surface area contributed by atoms with Gasteiger partial charge in [-0.2, -0.15) is 0 Å². The van der Waals surface area contributed by atoms with Crippen molar-refractivity contribution >= 4 is 39.5 Å². The molecule has 0 aromatic heterocycles. The largest absolute Gasteiger partial charge is 0.472 e. The van der Waals surface area contributed by atoms with Crippen LogP contribution >= 0.6 is 15.6 Å². The fourth-order valence-corrected chi connectivity index (χ4v) is 12.3. The van der Waals surface area contributed by atoms with Crippen molar-refractivity contribution in [2.75, 3.05) is 39.6 Å². The number of phosphoric ester groups is 2. The molecule has 0 aliphatic carbocycles. The van der Waals surface area contributed by atoms with Gasteiger partial charge in [0.15, 0.2) is 12.2 Å². The van der Waals surface area contributed by atoms with Crippen molar-refractivity contribution < 1.29 is 80.2 Å². The van der Waals surface area contributed by atoms with Gasteiger partial charge in [-0.05, 0) is 37.5 Å². The highest BCUT2D eigenvalue weighted by Gasteiger charge is 2.30. The molecule has 0 aliphatic heterocycles. The van der Waals surface area contributed by atoms with E-state index >= 15 is 0 Å². The van der Waals surface area contributed by atoms with Crippen molar-refractivity contribution in [3.63, 3.8) is 0 Å². The smallest absolute Gasteiger partial charge is 0.462 e. The molecule has 0 rings (SSSR count). The molecular formula is C71H138O17P2. The molecule has 19 heteroatoms. The van der Waals surface area contributed by atoms with Crippen LogP contribution in [0, 0.1) is 11.8 Å². The first kappa shape index (κ1) is 88.1. The minimum atomic E-state index is -4.95. The number of ether oxygens (including phenoxy) is 4. The topological polar surface area (TPSA) is 237 Å². The number of unbranched alkanes of at least 4 members (excludes halogenated alkanes) is 39. The van der Waals surface area contributed by atoms with Gasteiger partial charge in [0.05, 0.1) is 26.4 Å². The average molecular weight is 1330 g/mol. The second-order valence-electron chi connectivity index (χ2n) is 26.3.